The fourth-order valence-electron chi connectivity index (χ4n) is 1.41. The predicted octanol–water partition coefficient (Wildman–Crippen LogP) is 2.62. The van der Waals surface area contributed by atoms with Gasteiger partial charge in [-0.2, -0.15) is 5.10 Å². The maximum atomic E-state index is 12.5. The van der Waals surface area contributed by atoms with Gasteiger partial charge in [0.2, 0.25) is 0 Å². The average Bonchev–Trinajstić information content (AvgIpc) is 2.33. The molecule has 0 aliphatic rings. The van der Waals surface area contributed by atoms with Gasteiger partial charge in [-0.1, -0.05) is 13.3 Å². The molecule has 0 fully saturated rings. The maximum Gasteiger partial charge on any atom is 0.282 e. The summed E-state index contributed by atoms with van der Waals surface area (Å²) in [7, 11) is 1.69. The van der Waals surface area contributed by atoms with Gasteiger partial charge < -0.3 is 0 Å². The van der Waals surface area contributed by atoms with Crippen LogP contribution < -0.4 is 0 Å². The number of nitrogens with zero attached hydrogens (tertiary/aromatic N) is 2. The van der Waals surface area contributed by atoms with E-state index in [9.17, 15) is 8.78 Å². The molecule has 13 heavy (non-hydrogen) atoms. The lowest BCUT2D eigenvalue weighted by molar-refractivity contribution is 0.144. The molecule has 1 aromatic heterocycles. The summed E-state index contributed by atoms with van der Waals surface area (Å²) in [5, 5.41) is 3.79. The largest absolute Gasteiger partial charge is 0.282 e. The van der Waals surface area contributed by atoms with Crippen LogP contribution in [0.4, 0.5) is 8.78 Å². The fraction of sp³-hybridized carbons (Fsp3) is 0.667. The minimum atomic E-state index is -2.46. The number of alkyl halides is 2. The zero-order valence-electron chi connectivity index (χ0n) is 8.14. The smallest absolute Gasteiger partial charge is 0.272 e. The fourth-order valence-corrected chi connectivity index (χ4v) is 1.41. The molecule has 0 bridgehead atoms. The Bertz CT molecular complexity index is 292. The third-order valence-corrected chi connectivity index (χ3v) is 2.20. The van der Waals surface area contributed by atoms with Crippen molar-refractivity contribution < 1.29 is 8.78 Å². The first kappa shape index (κ1) is 10.2. The molecule has 1 rings (SSSR count). The normalized spacial score (nSPS) is 11.2. The van der Waals surface area contributed by atoms with Crippen molar-refractivity contribution in [2.75, 3.05) is 0 Å². The third kappa shape index (κ3) is 1.87. The molecule has 4 heteroatoms. The van der Waals surface area contributed by atoms with E-state index in [-0.39, 0.29) is 5.69 Å². The molecule has 0 aliphatic heterocycles. The van der Waals surface area contributed by atoms with Crippen LogP contribution in [0.5, 0.6) is 0 Å². The summed E-state index contributed by atoms with van der Waals surface area (Å²) in [5.74, 6) is 0. The molecule has 2 nitrogen and oxygen atoms in total. The molecule has 0 aliphatic carbocycles. The highest BCUT2D eigenvalue weighted by atomic mass is 19.3. The van der Waals surface area contributed by atoms with E-state index in [2.05, 4.69) is 5.10 Å². The van der Waals surface area contributed by atoms with Crippen LogP contribution >= 0.6 is 0 Å². The molecule has 0 amide bonds. The van der Waals surface area contributed by atoms with E-state index >= 15 is 0 Å². The molecule has 0 spiro atoms. The molecule has 0 atom stereocenters. The Morgan fingerprint density at radius 2 is 2.08 bits per heavy atom. The minimum absolute atomic E-state index is 0.0538. The van der Waals surface area contributed by atoms with Crippen molar-refractivity contribution in [1.82, 2.24) is 9.78 Å². The summed E-state index contributed by atoms with van der Waals surface area (Å²) in [6.45, 7) is 3.80. The van der Waals surface area contributed by atoms with E-state index < -0.39 is 6.43 Å². The van der Waals surface area contributed by atoms with Crippen molar-refractivity contribution in [3.05, 3.63) is 17.0 Å². The van der Waals surface area contributed by atoms with Crippen molar-refractivity contribution in [2.45, 2.75) is 33.1 Å². The highest BCUT2D eigenvalue weighted by Gasteiger charge is 2.19. The van der Waals surface area contributed by atoms with Gasteiger partial charge in [-0.3, -0.25) is 4.68 Å². The number of aromatic nitrogens is 2. The van der Waals surface area contributed by atoms with E-state index in [0.717, 1.165) is 12.1 Å². The molecule has 0 radical (unpaired) electrons. The van der Waals surface area contributed by atoms with Gasteiger partial charge in [-0.15, -0.1) is 0 Å². The first-order valence-corrected chi connectivity index (χ1v) is 4.38. The Labute approximate surface area is 76.6 Å². The SMILES string of the molecule is CCCc1c(C(F)F)nn(C)c1C. The Balaban J connectivity index is 3.11. The van der Waals surface area contributed by atoms with E-state index in [0.29, 0.717) is 12.0 Å². The lowest BCUT2D eigenvalue weighted by atomic mass is 10.1. The summed E-state index contributed by atoms with van der Waals surface area (Å²) in [6, 6.07) is 0. The quantitative estimate of drug-likeness (QED) is 0.713. The van der Waals surface area contributed by atoms with Gasteiger partial charge in [-0.25, -0.2) is 8.78 Å². The van der Waals surface area contributed by atoms with Gasteiger partial charge >= 0.3 is 0 Å². The lowest BCUT2D eigenvalue weighted by Crippen LogP contribution is -1.93. The molecule has 0 saturated carbocycles. The number of aryl methyl sites for hydroxylation is 1. The van der Waals surface area contributed by atoms with Crippen molar-refractivity contribution in [3.63, 3.8) is 0 Å². The van der Waals surface area contributed by atoms with Crippen LogP contribution in [-0.2, 0) is 13.5 Å². The zero-order valence-corrected chi connectivity index (χ0v) is 8.14. The van der Waals surface area contributed by atoms with Gasteiger partial charge in [-0.05, 0) is 13.3 Å². The van der Waals surface area contributed by atoms with E-state index in [1.807, 2.05) is 13.8 Å². The summed E-state index contributed by atoms with van der Waals surface area (Å²) in [4.78, 5) is 0. The van der Waals surface area contributed by atoms with Crippen LogP contribution in [0.2, 0.25) is 0 Å². The second-order valence-corrected chi connectivity index (χ2v) is 3.12. The monoisotopic (exact) mass is 188 g/mol. The van der Waals surface area contributed by atoms with Crippen molar-refractivity contribution in [2.24, 2.45) is 7.05 Å². The van der Waals surface area contributed by atoms with Gasteiger partial charge in [0.25, 0.3) is 6.43 Å². The molecule has 1 heterocycles. The van der Waals surface area contributed by atoms with Crippen LogP contribution in [0.25, 0.3) is 0 Å². The molecule has 0 unspecified atom stereocenters. The molecular formula is C9H14F2N2. The van der Waals surface area contributed by atoms with Crippen LogP contribution in [0.3, 0.4) is 0 Å². The van der Waals surface area contributed by atoms with Gasteiger partial charge in [0, 0.05) is 18.3 Å². The van der Waals surface area contributed by atoms with Crippen LogP contribution in [0, 0.1) is 6.92 Å². The first-order chi connectivity index (χ1) is 6.07. The summed E-state index contributed by atoms with van der Waals surface area (Å²) in [5.41, 5.74) is 1.50. The standard InChI is InChI=1S/C9H14F2N2/c1-4-5-7-6(2)13(3)12-8(7)9(10)11/h9H,4-5H2,1-3H3. The lowest BCUT2D eigenvalue weighted by Gasteiger charge is -2.00. The van der Waals surface area contributed by atoms with Crippen molar-refractivity contribution >= 4 is 0 Å². The number of halogens is 2. The van der Waals surface area contributed by atoms with Gasteiger partial charge in [0.1, 0.15) is 5.69 Å². The van der Waals surface area contributed by atoms with E-state index in [1.165, 1.54) is 4.68 Å². The number of hydrogen-bond acceptors (Lipinski definition) is 1. The highest BCUT2D eigenvalue weighted by molar-refractivity contribution is 5.26. The predicted molar refractivity (Wildman–Crippen MR) is 46.9 cm³/mol. The Kier molecular flexibility index (Phi) is 3.01. The summed E-state index contributed by atoms with van der Waals surface area (Å²) >= 11 is 0. The Morgan fingerprint density at radius 3 is 2.54 bits per heavy atom. The van der Waals surface area contributed by atoms with Crippen LogP contribution in [-0.4, -0.2) is 9.78 Å². The van der Waals surface area contributed by atoms with Crippen LogP contribution in [0.15, 0.2) is 0 Å². The molecular weight excluding hydrogens is 174 g/mol. The number of hydrogen-bond donors (Lipinski definition) is 0. The summed E-state index contributed by atoms with van der Waals surface area (Å²) in [6.07, 6.45) is -0.910. The van der Waals surface area contributed by atoms with Crippen molar-refractivity contribution in [1.29, 1.82) is 0 Å². The molecule has 0 saturated heterocycles. The van der Waals surface area contributed by atoms with Gasteiger partial charge in [0.05, 0.1) is 0 Å². The molecule has 0 N–H and O–H groups in total. The number of rotatable bonds is 3. The molecule has 74 valence electrons. The molecule has 0 aromatic carbocycles. The highest BCUT2D eigenvalue weighted by Crippen LogP contribution is 2.24. The van der Waals surface area contributed by atoms with E-state index in [1.54, 1.807) is 7.05 Å². The first-order valence-electron chi connectivity index (χ1n) is 4.38. The maximum absolute atomic E-state index is 12.5. The summed E-state index contributed by atoms with van der Waals surface area (Å²) < 4.78 is 26.5. The minimum Gasteiger partial charge on any atom is -0.272 e. The van der Waals surface area contributed by atoms with E-state index in [4.69, 9.17) is 0 Å². The second kappa shape index (κ2) is 3.85. The third-order valence-electron chi connectivity index (χ3n) is 2.20. The van der Waals surface area contributed by atoms with Gasteiger partial charge in [0.15, 0.2) is 0 Å². The average molecular weight is 188 g/mol. The second-order valence-electron chi connectivity index (χ2n) is 3.12. The Hall–Kier alpha value is -0.930. The Morgan fingerprint density at radius 1 is 1.46 bits per heavy atom. The van der Waals surface area contributed by atoms with Crippen molar-refractivity contribution in [3.8, 4) is 0 Å². The topological polar surface area (TPSA) is 17.8 Å². The molecule has 1 aromatic rings. The zero-order chi connectivity index (χ0) is 10.0. The van der Waals surface area contributed by atoms with Crippen LogP contribution in [0.1, 0.15) is 36.7 Å².